The lowest BCUT2D eigenvalue weighted by Gasteiger charge is -2.23. The van der Waals surface area contributed by atoms with Crippen molar-refractivity contribution in [3.05, 3.63) is 28.3 Å². The van der Waals surface area contributed by atoms with E-state index in [2.05, 4.69) is 0 Å². The molecular weight excluding hydrogens is 184 g/mol. The predicted molar refractivity (Wildman–Crippen MR) is 55.7 cm³/mol. The Bertz CT molecular complexity index is 336. The van der Waals surface area contributed by atoms with E-state index < -0.39 is 0 Å². The molecule has 0 saturated heterocycles. The Morgan fingerprint density at radius 1 is 1.38 bits per heavy atom. The van der Waals surface area contributed by atoms with E-state index in [0.717, 1.165) is 35.5 Å². The van der Waals surface area contributed by atoms with E-state index >= 15 is 0 Å². The Labute approximate surface area is 82.9 Å². The van der Waals surface area contributed by atoms with E-state index in [1.54, 1.807) is 6.07 Å². The lowest BCUT2D eigenvalue weighted by molar-refractivity contribution is 0.571. The molecule has 4 N–H and O–H groups in total. The topological polar surface area (TPSA) is 52.0 Å². The summed E-state index contributed by atoms with van der Waals surface area (Å²) in [6.45, 7) is 0. The maximum atomic E-state index is 6.08. The van der Waals surface area contributed by atoms with Crippen molar-refractivity contribution in [2.75, 3.05) is 5.73 Å². The Kier molecular flexibility index (Phi) is 2.18. The lowest BCUT2D eigenvalue weighted by Crippen LogP contribution is -2.18. The highest BCUT2D eigenvalue weighted by Crippen LogP contribution is 2.34. The quantitative estimate of drug-likeness (QED) is 0.626. The van der Waals surface area contributed by atoms with Gasteiger partial charge in [-0.25, -0.2) is 0 Å². The van der Waals surface area contributed by atoms with E-state index in [0.29, 0.717) is 0 Å². The van der Waals surface area contributed by atoms with Crippen LogP contribution in [0.25, 0.3) is 0 Å². The number of nitrogen functional groups attached to an aromatic ring is 1. The summed E-state index contributed by atoms with van der Waals surface area (Å²) in [6, 6.07) is 3.86. The molecule has 2 nitrogen and oxygen atoms in total. The van der Waals surface area contributed by atoms with Gasteiger partial charge in [-0.1, -0.05) is 11.6 Å². The average Bonchev–Trinajstić information content (AvgIpc) is 2.02. The molecule has 0 spiro atoms. The zero-order chi connectivity index (χ0) is 9.42. The molecule has 0 fully saturated rings. The van der Waals surface area contributed by atoms with E-state index in [4.69, 9.17) is 23.1 Å². The van der Waals surface area contributed by atoms with Crippen molar-refractivity contribution in [1.82, 2.24) is 0 Å². The molecule has 0 amide bonds. The van der Waals surface area contributed by atoms with Crippen LogP contribution in [0.2, 0.25) is 5.02 Å². The highest BCUT2D eigenvalue weighted by molar-refractivity contribution is 6.31. The van der Waals surface area contributed by atoms with Crippen LogP contribution in [0.1, 0.15) is 30.0 Å². The fourth-order valence-corrected chi connectivity index (χ4v) is 2.36. The number of anilines is 1. The molecule has 1 aliphatic rings. The first kappa shape index (κ1) is 8.85. The number of aryl methyl sites for hydroxylation is 1. The van der Waals surface area contributed by atoms with Gasteiger partial charge in [0.1, 0.15) is 0 Å². The smallest absolute Gasteiger partial charge is 0.0476 e. The molecule has 1 atom stereocenters. The molecule has 70 valence electrons. The summed E-state index contributed by atoms with van der Waals surface area (Å²) < 4.78 is 0. The third-order valence-corrected chi connectivity index (χ3v) is 2.88. The maximum Gasteiger partial charge on any atom is 0.0476 e. The van der Waals surface area contributed by atoms with Crippen molar-refractivity contribution in [3.63, 3.8) is 0 Å². The van der Waals surface area contributed by atoms with Gasteiger partial charge in [-0.2, -0.15) is 0 Å². The van der Waals surface area contributed by atoms with Crippen LogP contribution in [-0.4, -0.2) is 0 Å². The summed E-state index contributed by atoms with van der Waals surface area (Å²) in [5.74, 6) is 0. The van der Waals surface area contributed by atoms with E-state index in [9.17, 15) is 0 Å². The molecule has 1 aliphatic carbocycles. The Morgan fingerprint density at radius 3 is 2.92 bits per heavy atom. The molecule has 0 bridgehead atoms. The molecule has 0 unspecified atom stereocenters. The highest BCUT2D eigenvalue weighted by atomic mass is 35.5. The molecule has 2 rings (SSSR count). The third-order valence-electron chi connectivity index (χ3n) is 2.57. The van der Waals surface area contributed by atoms with Crippen LogP contribution in [0.4, 0.5) is 5.69 Å². The third kappa shape index (κ3) is 1.52. The van der Waals surface area contributed by atoms with Gasteiger partial charge in [-0.3, -0.25) is 0 Å². The summed E-state index contributed by atoms with van der Waals surface area (Å²) in [5, 5.41) is 0.724. The molecular formula is C10H13ClN2. The van der Waals surface area contributed by atoms with Crippen LogP contribution in [-0.2, 0) is 6.42 Å². The monoisotopic (exact) mass is 196 g/mol. The molecule has 0 radical (unpaired) electrons. The standard InChI is InChI=1S/C10H13ClN2/c11-8-5-7(12)4-6-2-1-3-9(13)10(6)8/h4-5,9H,1-3,12-13H2/t9-/m1/s1. The number of rotatable bonds is 0. The van der Waals surface area contributed by atoms with Gasteiger partial charge in [-0.05, 0) is 42.5 Å². The van der Waals surface area contributed by atoms with Crippen molar-refractivity contribution in [2.24, 2.45) is 5.73 Å². The van der Waals surface area contributed by atoms with Gasteiger partial charge in [0.05, 0.1) is 0 Å². The molecule has 0 aliphatic heterocycles. The average molecular weight is 197 g/mol. The van der Waals surface area contributed by atoms with Crippen LogP contribution in [0.15, 0.2) is 12.1 Å². The number of nitrogens with two attached hydrogens (primary N) is 2. The number of benzene rings is 1. The SMILES string of the molecule is Nc1cc(Cl)c2c(c1)CCC[C@H]2N. The first-order valence-corrected chi connectivity index (χ1v) is 4.89. The van der Waals surface area contributed by atoms with Crippen molar-refractivity contribution in [2.45, 2.75) is 25.3 Å². The molecule has 0 saturated carbocycles. The zero-order valence-electron chi connectivity index (χ0n) is 7.39. The first-order chi connectivity index (χ1) is 6.18. The van der Waals surface area contributed by atoms with Gasteiger partial charge in [0, 0.05) is 16.8 Å². The predicted octanol–water partition coefficient (Wildman–Crippen LogP) is 2.26. The van der Waals surface area contributed by atoms with E-state index in [1.165, 1.54) is 5.56 Å². The van der Waals surface area contributed by atoms with Gasteiger partial charge in [0.25, 0.3) is 0 Å². The van der Waals surface area contributed by atoms with Crippen molar-refractivity contribution in [3.8, 4) is 0 Å². The van der Waals surface area contributed by atoms with Gasteiger partial charge < -0.3 is 11.5 Å². The molecule has 1 aromatic rings. The summed E-state index contributed by atoms with van der Waals surface area (Å²) in [6.07, 6.45) is 3.21. The molecule has 3 heteroatoms. The molecule has 0 heterocycles. The van der Waals surface area contributed by atoms with E-state index in [1.807, 2.05) is 6.07 Å². The zero-order valence-corrected chi connectivity index (χ0v) is 8.14. The fourth-order valence-electron chi connectivity index (χ4n) is 1.98. The number of hydrogen-bond donors (Lipinski definition) is 2. The van der Waals surface area contributed by atoms with Crippen LogP contribution in [0.5, 0.6) is 0 Å². The van der Waals surface area contributed by atoms with Crippen LogP contribution in [0, 0.1) is 0 Å². The van der Waals surface area contributed by atoms with Crippen LogP contribution < -0.4 is 11.5 Å². The largest absolute Gasteiger partial charge is 0.399 e. The first-order valence-electron chi connectivity index (χ1n) is 4.52. The number of fused-ring (bicyclic) bond motifs is 1. The summed E-state index contributed by atoms with van der Waals surface area (Å²) >= 11 is 6.08. The van der Waals surface area contributed by atoms with Gasteiger partial charge in [-0.15, -0.1) is 0 Å². The van der Waals surface area contributed by atoms with Crippen molar-refractivity contribution in [1.29, 1.82) is 0 Å². The second-order valence-electron chi connectivity index (χ2n) is 3.57. The summed E-state index contributed by atoms with van der Waals surface area (Å²) in [5.41, 5.74) is 14.7. The molecule has 13 heavy (non-hydrogen) atoms. The Morgan fingerprint density at radius 2 is 2.15 bits per heavy atom. The summed E-state index contributed by atoms with van der Waals surface area (Å²) in [4.78, 5) is 0. The highest BCUT2D eigenvalue weighted by Gasteiger charge is 2.19. The minimum atomic E-state index is 0.0943. The van der Waals surface area contributed by atoms with Gasteiger partial charge in [0.2, 0.25) is 0 Å². The van der Waals surface area contributed by atoms with Gasteiger partial charge in [0.15, 0.2) is 0 Å². The summed E-state index contributed by atoms with van der Waals surface area (Å²) in [7, 11) is 0. The normalized spacial score (nSPS) is 21.2. The Hall–Kier alpha value is -0.730. The molecule has 1 aromatic carbocycles. The van der Waals surface area contributed by atoms with Crippen molar-refractivity contribution < 1.29 is 0 Å². The minimum absolute atomic E-state index is 0.0943. The second-order valence-corrected chi connectivity index (χ2v) is 3.98. The molecule has 0 aromatic heterocycles. The van der Waals surface area contributed by atoms with Gasteiger partial charge >= 0.3 is 0 Å². The minimum Gasteiger partial charge on any atom is -0.399 e. The number of halogens is 1. The number of hydrogen-bond acceptors (Lipinski definition) is 2. The second kappa shape index (κ2) is 3.20. The fraction of sp³-hybridized carbons (Fsp3) is 0.400. The van der Waals surface area contributed by atoms with E-state index in [-0.39, 0.29) is 6.04 Å². The maximum absolute atomic E-state index is 6.08. The van der Waals surface area contributed by atoms with Crippen molar-refractivity contribution >= 4 is 17.3 Å². The lowest BCUT2D eigenvalue weighted by atomic mass is 9.88. The van der Waals surface area contributed by atoms with Crippen LogP contribution >= 0.6 is 11.6 Å². The van der Waals surface area contributed by atoms with Crippen LogP contribution in [0.3, 0.4) is 0 Å². The Balaban J connectivity index is 2.56.